The van der Waals surface area contributed by atoms with Crippen LogP contribution >= 0.6 is 31.9 Å². The van der Waals surface area contributed by atoms with E-state index >= 15 is 0 Å². The van der Waals surface area contributed by atoms with Crippen LogP contribution in [-0.4, -0.2) is 15.6 Å². The van der Waals surface area contributed by atoms with Crippen LogP contribution in [0.2, 0.25) is 0 Å². The number of carbonyl (C=O) groups is 1. The number of pyridine rings is 1. The molecule has 0 bridgehead atoms. The van der Waals surface area contributed by atoms with Crippen LogP contribution in [0.25, 0.3) is 5.69 Å². The third-order valence-corrected chi connectivity index (χ3v) is 4.46. The van der Waals surface area contributed by atoms with Crippen molar-refractivity contribution in [1.82, 2.24) is 4.57 Å². The molecular formula is C15H13Br2NO3. The number of rotatable bonds is 2. The van der Waals surface area contributed by atoms with Crippen LogP contribution in [0.5, 0.6) is 0 Å². The van der Waals surface area contributed by atoms with Gasteiger partial charge in [-0.3, -0.25) is 9.36 Å². The molecule has 0 aliphatic rings. The second-order valence-corrected chi connectivity index (χ2v) is 6.55. The molecule has 1 N–H and O–H groups in total. The van der Waals surface area contributed by atoms with Crippen LogP contribution in [0.15, 0.2) is 31.9 Å². The number of benzene rings is 1. The first-order valence-electron chi connectivity index (χ1n) is 6.16. The maximum Gasteiger partial charge on any atom is 0.337 e. The highest BCUT2D eigenvalue weighted by molar-refractivity contribution is 9.11. The normalized spacial score (nSPS) is 10.7. The van der Waals surface area contributed by atoms with Gasteiger partial charge in [0.1, 0.15) is 0 Å². The standard InChI is InChI=1S/C15H13Br2NO3/c1-7-4-10(16)14(11(17)5-7)18-9(3)13(15(20)21)8(2)6-12(18)19/h4-6H,1-3H3,(H,20,21). The molecule has 0 amide bonds. The first kappa shape index (κ1) is 16.0. The highest BCUT2D eigenvalue weighted by Gasteiger charge is 2.19. The highest BCUT2D eigenvalue weighted by atomic mass is 79.9. The molecular weight excluding hydrogens is 402 g/mol. The van der Waals surface area contributed by atoms with E-state index in [1.807, 2.05) is 19.1 Å². The molecule has 0 saturated heterocycles. The fourth-order valence-corrected chi connectivity index (χ4v) is 4.16. The number of aromatic carboxylic acids is 1. The summed E-state index contributed by atoms with van der Waals surface area (Å²) in [4.78, 5) is 23.8. The number of aryl methyl sites for hydroxylation is 2. The largest absolute Gasteiger partial charge is 0.478 e. The van der Waals surface area contributed by atoms with Gasteiger partial charge < -0.3 is 5.11 Å². The minimum absolute atomic E-state index is 0.147. The molecule has 0 radical (unpaired) electrons. The minimum atomic E-state index is -1.04. The first-order valence-corrected chi connectivity index (χ1v) is 7.75. The maximum absolute atomic E-state index is 12.4. The first-order chi connectivity index (χ1) is 9.73. The summed E-state index contributed by atoms with van der Waals surface area (Å²) in [7, 11) is 0. The molecule has 0 aliphatic carbocycles. The lowest BCUT2D eigenvalue weighted by atomic mass is 10.1. The summed E-state index contributed by atoms with van der Waals surface area (Å²) in [5.41, 5.74) is 2.37. The summed E-state index contributed by atoms with van der Waals surface area (Å²) in [5.74, 6) is -1.04. The van der Waals surface area contributed by atoms with Crippen molar-refractivity contribution in [3.05, 3.63) is 59.9 Å². The number of nitrogens with zero attached hydrogens (tertiary/aromatic N) is 1. The smallest absolute Gasteiger partial charge is 0.337 e. The van der Waals surface area contributed by atoms with E-state index < -0.39 is 5.97 Å². The molecule has 2 rings (SSSR count). The second kappa shape index (κ2) is 5.77. The van der Waals surface area contributed by atoms with Crippen molar-refractivity contribution in [1.29, 1.82) is 0 Å². The summed E-state index contributed by atoms with van der Waals surface area (Å²) < 4.78 is 2.85. The molecule has 0 fully saturated rings. The number of hydrogen-bond donors (Lipinski definition) is 1. The van der Waals surface area contributed by atoms with Crippen LogP contribution in [0.3, 0.4) is 0 Å². The Kier molecular flexibility index (Phi) is 4.39. The molecule has 0 spiro atoms. The van der Waals surface area contributed by atoms with Gasteiger partial charge in [-0.2, -0.15) is 0 Å². The Morgan fingerprint density at radius 3 is 2.10 bits per heavy atom. The Balaban J connectivity index is 2.92. The molecule has 1 aromatic carbocycles. The summed E-state index contributed by atoms with van der Waals surface area (Å²) in [6.45, 7) is 5.20. The lowest BCUT2D eigenvalue weighted by Crippen LogP contribution is -2.24. The van der Waals surface area contributed by atoms with Gasteiger partial charge in [0.05, 0.1) is 11.3 Å². The Morgan fingerprint density at radius 1 is 1.10 bits per heavy atom. The van der Waals surface area contributed by atoms with Crippen molar-refractivity contribution in [3.8, 4) is 5.69 Å². The molecule has 110 valence electrons. The number of carboxylic acid groups (broad SMARTS) is 1. The van der Waals surface area contributed by atoms with E-state index in [1.54, 1.807) is 13.8 Å². The fraction of sp³-hybridized carbons (Fsp3) is 0.200. The average Bonchev–Trinajstić information content (AvgIpc) is 2.30. The van der Waals surface area contributed by atoms with Gasteiger partial charge in [-0.05, 0) is 75.9 Å². The fourth-order valence-electron chi connectivity index (χ4n) is 2.39. The predicted octanol–water partition coefficient (Wildman–Crippen LogP) is 3.99. The lowest BCUT2D eigenvalue weighted by Gasteiger charge is -2.17. The Morgan fingerprint density at radius 2 is 1.62 bits per heavy atom. The zero-order valence-electron chi connectivity index (χ0n) is 11.7. The molecule has 1 heterocycles. The van der Waals surface area contributed by atoms with E-state index in [9.17, 15) is 14.7 Å². The molecule has 4 nitrogen and oxygen atoms in total. The third-order valence-electron chi connectivity index (χ3n) is 3.25. The number of carboxylic acids is 1. The molecule has 2 aromatic rings. The third kappa shape index (κ3) is 2.82. The van der Waals surface area contributed by atoms with Crippen molar-refractivity contribution >= 4 is 37.8 Å². The van der Waals surface area contributed by atoms with Crippen LogP contribution in [-0.2, 0) is 0 Å². The average molecular weight is 415 g/mol. The van der Waals surface area contributed by atoms with Gasteiger partial charge in [0, 0.05) is 20.7 Å². The SMILES string of the molecule is Cc1cc(Br)c(-n2c(C)c(C(=O)O)c(C)cc2=O)c(Br)c1. The topological polar surface area (TPSA) is 59.3 Å². The van der Waals surface area contributed by atoms with E-state index in [2.05, 4.69) is 31.9 Å². The molecule has 0 saturated carbocycles. The van der Waals surface area contributed by atoms with Gasteiger partial charge in [0.2, 0.25) is 0 Å². The predicted molar refractivity (Wildman–Crippen MR) is 88.6 cm³/mol. The molecule has 0 unspecified atom stereocenters. The minimum Gasteiger partial charge on any atom is -0.478 e. The lowest BCUT2D eigenvalue weighted by molar-refractivity contribution is 0.0694. The maximum atomic E-state index is 12.4. The Labute approximate surface area is 138 Å². The highest BCUT2D eigenvalue weighted by Crippen LogP contribution is 2.31. The van der Waals surface area contributed by atoms with Gasteiger partial charge in [-0.1, -0.05) is 0 Å². The monoisotopic (exact) mass is 413 g/mol. The van der Waals surface area contributed by atoms with Crippen LogP contribution in [0.4, 0.5) is 0 Å². The van der Waals surface area contributed by atoms with E-state index in [4.69, 9.17) is 0 Å². The van der Waals surface area contributed by atoms with Crippen LogP contribution < -0.4 is 5.56 Å². The van der Waals surface area contributed by atoms with Gasteiger partial charge in [-0.25, -0.2) is 4.79 Å². The number of aromatic nitrogens is 1. The van der Waals surface area contributed by atoms with Gasteiger partial charge >= 0.3 is 5.97 Å². The van der Waals surface area contributed by atoms with Crippen LogP contribution in [0.1, 0.15) is 27.2 Å². The second-order valence-electron chi connectivity index (χ2n) is 4.84. The number of halogens is 2. The zero-order valence-corrected chi connectivity index (χ0v) is 14.9. The Bertz CT molecular complexity index is 786. The molecule has 0 atom stereocenters. The van der Waals surface area contributed by atoms with Crippen molar-refractivity contribution < 1.29 is 9.90 Å². The van der Waals surface area contributed by atoms with E-state index in [0.717, 1.165) is 14.5 Å². The van der Waals surface area contributed by atoms with Crippen LogP contribution in [0, 0.1) is 20.8 Å². The summed E-state index contributed by atoms with van der Waals surface area (Å²) in [5, 5.41) is 9.35. The summed E-state index contributed by atoms with van der Waals surface area (Å²) in [6.07, 6.45) is 0. The van der Waals surface area contributed by atoms with Gasteiger partial charge in [0.25, 0.3) is 5.56 Å². The number of hydrogen-bond acceptors (Lipinski definition) is 2. The zero-order chi connectivity index (χ0) is 15.9. The Hall–Kier alpha value is -1.40. The molecule has 6 heteroatoms. The van der Waals surface area contributed by atoms with Gasteiger partial charge in [0.15, 0.2) is 0 Å². The van der Waals surface area contributed by atoms with E-state index in [0.29, 0.717) is 16.9 Å². The molecule has 0 aliphatic heterocycles. The van der Waals surface area contributed by atoms with E-state index in [-0.39, 0.29) is 11.1 Å². The summed E-state index contributed by atoms with van der Waals surface area (Å²) in [6, 6.07) is 5.10. The molecule has 1 aromatic heterocycles. The van der Waals surface area contributed by atoms with Crippen molar-refractivity contribution in [3.63, 3.8) is 0 Å². The van der Waals surface area contributed by atoms with Gasteiger partial charge in [-0.15, -0.1) is 0 Å². The molecule has 21 heavy (non-hydrogen) atoms. The van der Waals surface area contributed by atoms with E-state index in [1.165, 1.54) is 10.6 Å². The van der Waals surface area contributed by atoms with Crippen molar-refractivity contribution in [2.24, 2.45) is 0 Å². The van der Waals surface area contributed by atoms with Crippen molar-refractivity contribution in [2.75, 3.05) is 0 Å². The summed E-state index contributed by atoms with van der Waals surface area (Å²) >= 11 is 6.89. The van der Waals surface area contributed by atoms with Crippen molar-refractivity contribution in [2.45, 2.75) is 20.8 Å². The quantitative estimate of drug-likeness (QED) is 0.808.